The standard InChI is InChI=1S/C31H49NO4.300H2/c1-24-15-9-10-16-26(24)17-11-14-20-36-19-13-8-7-12-18-32-23-29(34-5)27-21-25(2)30(35-6)28(22-27)31(3,4)33;;;;;;;;;;;;;;;;;;;;;;;;;;;;;;;;;;;;;;;;;;;;;;;;;;;;;;;;;;;;;;;;;;;;;;;;;;;;;;;;;;;;;;;;;;;;;;;;;;;;;;;;;;;;;;;;;;;;;;;;;;;;;;;;;;;;;;;;;;;;;;;;;;;;;;;;;;;;;;;;;;;;;;;;;;;;;;;;;;;;;;;;;;;;;;;;;;;;;;;;;;;;;;;;;;;;;;;;;;;;;;;;;;;;;;;;;;;;;;;;;;;;;;;;;;;;;;;;;;;;;;;;;;;;;;;;;;;;;;;;;;;;;;;;;;;;;;;;;;;;/h9-10,15-16,21-22,29,32-33H,7-8,11-14,17-20,23H2,1-6H3;300*1H. The Morgan fingerprint density at radius 2 is 1.61 bits per heavy atom. The number of aliphatic hydroxyl groups is 1. The number of nitrogens with one attached hydrogen (secondary N) is 1. The molecule has 0 radical (unpaired) electrons. The van der Waals surface area contributed by atoms with Gasteiger partial charge in [-0.25, -0.2) is 0 Å². The summed E-state index contributed by atoms with van der Waals surface area (Å²) in [6.07, 6.45) is 8.06. The van der Waals surface area contributed by atoms with E-state index in [0.29, 0.717) is 0 Å². The fourth-order valence-electron chi connectivity index (χ4n) is 4.60. The quantitative estimate of drug-likeness (QED) is 0.146. The van der Waals surface area contributed by atoms with Crippen molar-refractivity contribution in [1.82, 2.24) is 5.32 Å². The first-order valence-electron chi connectivity index (χ1n) is 13.5. The SMILES string of the molecule is COc1c(C)cc(C(CNCCCCCCOCCCCc2ccccc2C)OC)cc1C(C)(C)O.[HH].[HH].[HH].[HH].[HH].[HH].[HH].[HH].[HH].[HH].[HH].[HH].[HH].[HH].[HH].[HH].[HH].[HH].[HH].[HH].[HH].[HH].[HH].[HH].[HH].[HH].[HH].[HH].[HH].[HH].[HH].[HH].[HH].[HH].[HH].[HH].[HH].[HH].[HH].[HH].[HH].[HH].[HH].[HH].[HH].[HH].[HH].[HH].[HH].[HH].[HH].[HH].[HH].[HH].[HH].[HH].[HH].[HH].[HH].[HH].[HH].[HH].[HH].[HH].[HH].[HH].[HH].[HH].[HH].[HH].[HH].[HH].[HH].[HH].[HH].[HH].[HH].[HH].[HH].[HH].[HH].[HH].[HH].[HH].[HH].[HH].[HH].[HH].[HH].[HH].[HH].[HH].[HH].[HH].[HH].[HH].[HH].[HH].[HH].[HH].[HH].[HH].[HH].[HH].[HH].[HH].[HH].[HH].[HH].[HH].[HH].[HH].[HH].[HH].[HH].[HH].[HH].[HH].[HH].[HH].[HH].[HH].[HH].[HH].[HH].[HH].[HH].[HH].[HH].[HH].[HH].[HH].[HH].[HH].[HH].[HH].[HH].[HH].[HH].[HH].[HH].[HH].[HH].[HH].[HH].[HH].[HH].[HH].[HH].[HH].[HH].[HH].[HH].[HH].[HH].[HH].[HH].[HH].[HH].[HH].[HH].[HH].[HH].[HH].[HH].[HH].[HH].[HH].[HH].[HH].[HH].[HH].[HH].[HH].[HH].[HH].[HH].[HH].[HH].[HH].[HH].[HH].[HH].[HH].[HH].[HH].[HH].[HH].[HH].[HH].[HH].[HH].[HH].[HH].[HH].[HH].[HH].[HH].[HH].[HH].[HH].[HH].[HH].[HH].[HH].[HH].[HH].[HH].[HH].[HH].[HH].[HH].[HH].[HH].[HH].[HH].[HH].[HH].[HH].[HH].[HH].[HH].[HH].[HH].[HH].[HH].[HH].[HH].[HH].[HH].[HH].[HH].[HH].[HH].[HH].[HH].[HH].[HH].[HH].[HH].[HH].[HH].[HH].[HH].[HH].[HH].[HH].[HH].[HH].[HH].[HH].[HH].[HH].[HH].[HH].[HH].[HH].[HH].[HH].[HH].[HH].[HH].[HH].[HH].[HH].[HH].[HH].[HH].[HH].[HH].[HH].[HH].[HH].[HH].[HH].[HH].[HH].[HH].[HH].[HH].[HH].[HH].[HH].[HH].[HH].[HH].[HH].[HH].[HH].[HH].[HH].[HH].[HH].[HH].[HH].[HH].[HH].[HH].[HH].[HH]. The van der Waals surface area contributed by atoms with Crippen molar-refractivity contribution >= 4 is 0 Å². The van der Waals surface area contributed by atoms with Gasteiger partial charge in [-0.05, 0) is 101 Å². The van der Waals surface area contributed by atoms with E-state index in [4.69, 9.17) is 14.2 Å². The summed E-state index contributed by atoms with van der Waals surface area (Å²) in [7, 11) is 3.38. The molecule has 5 heteroatoms. The fraction of sp³-hybridized carbons (Fsp3) is 0.613. The second-order valence-electron chi connectivity index (χ2n) is 10.3. The molecule has 0 aliphatic carbocycles. The predicted octanol–water partition coefficient (Wildman–Crippen LogP) is 80.2. The van der Waals surface area contributed by atoms with Gasteiger partial charge in [-0.1, -0.05) is 37.1 Å². The molecular weight excluding hydrogens is 450 g/mol. The molecule has 2 aromatic carbocycles. The zero-order valence-corrected chi connectivity index (χ0v) is 23.5. The highest BCUT2D eigenvalue weighted by Crippen LogP contribution is 2.35. The van der Waals surface area contributed by atoms with E-state index in [1.165, 1.54) is 30.4 Å². The molecule has 0 aliphatic rings. The van der Waals surface area contributed by atoms with Crippen molar-refractivity contribution in [3.05, 3.63) is 64.2 Å². The second-order valence-corrected chi connectivity index (χ2v) is 10.3. The first kappa shape index (κ1) is 30.3. The van der Waals surface area contributed by atoms with Gasteiger partial charge in [0.1, 0.15) is 5.75 Å². The fourth-order valence-corrected chi connectivity index (χ4v) is 4.60. The highest BCUT2D eigenvalue weighted by Gasteiger charge is 2.25. The molecule has 0 spiro atoms. The number of unbranched alkanes of at least 4 members (excludes halogenated alkanes) is 4. The zero-order chi connectivity index (χ0) is 26.4. The molecule has 1 atom stereocenters. The van der Waals surface area contributed by atoms with Crippen molar-refractivity contribution in [3.63, 3.8) is 0 Å². The minimum Gasteiger partial charge on any atom is -0.496 e. The topological polar surface area (TPSA) is 60.0 Å². The molecule has 0 aliphatic heterocycles. The minimum absolute atomic E-state index is 0. The maximum absolute atomic E-state index is 10.6. The van der Waals surface area contributed by atoms with Crippen LogP contribution in [0.1, 0.15) is 514 Å². The van der Waals surface area contributed by atoms with Gasteiger partial charge in [0.15, 0.2) is 0 Å². The molecule has 0 saturated carbocycles. The summed E-state index contributed by atoms with van der Waals surface area (Å²) in [5, 5.41) is 14.1. The molecule has 0 aromatic heterocycles. The van der Waals surface area contributed by atoms with E-state index in [9.17, 15) is 5.11 Å². The van der Waals surface area contributed by atoms with Gasteiger partial charge in [0.25, 0.3) is 0 Å². The molecule has 36 heavy (non-hydrogen) atoms. The summed E-state index contributed by atoms with van der Waals surface area (Å²) in [5.41, 5.74) is 4.71. The molecule has 5 nitrogen and oxygen atoms in total. The average molecular weight is 1100 g/mol. The maximum Gasteiger partial charge on any atom is 0.127 e. The third kappa shape index (κ3) is 10.2. The molecule has 2 N–H and O–H groups in total. The maximum atomic E-state index is 10.6. The van der Waals surface area contributed by atoms with Crippen molar-refractivity contribution in [3.8, 4) is 5.75 Å². The third-order valence-corrected chi connectivity index (χ3v) is 6.78. The number of ether oxygens (including phenoxy) is 3. The van der Waals surface area contributed by atoms with Gasteiger partial charge in [-0.15, -0.1) is 0 Å². The van der Waals surface area contributed by atoms with Crippen molar-refractivity contribution in [1.29, 1.82) is 0 Å². The number of aryl methyl sites for hydroxylation is 3. The van der Waals surface area contributed by atoms with Crippen molar-refractivity contribution in [2.75, 3.05) is 40.5 Å². The summed E-state index contributed by atoms with van der Waals surface area (Å²) >= 11 is 0. The second kappa shape index (κ2) is 16.0. The highest BCUT2D eigenvalue weighted by atomic mass is 16.5. The van der Waals surface area contributed by atoms with Gasteiger partial charge in [0.05, 0.1) is 18.8 Å². The summed E-state index contributed by atoms with van der Waals surface area (Å²) in [4.78, 5) is 0. The molecule has 0 fully saturated rings. The largest absolute Gasteiger partial charge is 0.496 e. The van der Waals surface area contributed by atoms with Crippen LogP contribution in [-0.4, -0.2) is 45.6 Å². The number of rotatable bonds is 18. The van der Waals surface area contributed by atoms with Crippen LogP contribution in [0.5, 0.6) is 5.75 Å². The predicted molar refractivity (Wildman–Crippen MR) is 783 cm³/mol. The molecule has 0 amide bonds. The molecule has 0 bridgehead atoms. The van der Waals surface area contributed by atoms with Crippen LogP contribution >= 0.6 is 0 Å². The Bertz CT molecular complexity index is 1060. The molecule has 2 rings (SSSR count). The Kier molecular flexibility index (Phi) is 13.5. The molecular formula is C31H649NO4. The zero-order valence-electron chi connectivity index (χ0n) is 23.5. The lowest BCUT2D eigenvalue weighted by atomic mass is 9.91. The Morgan fingerprint density at radius 1 is 0.917 bits per heavy atom. The van der Waals surface area contributed by atoms with E-state index in [0.717, 1.165) is 74.4 Å². The van der Waals surface area contributed by atoms with Crippen LogP contribution in [0.3, 0.4) is 0 Å². The lowest BCUT2D eigenvalue weighted by Gasteiger charge is -2.25. The molecule has 802 valence electrons. The van der Waals surface area contributed by atoms with Crippen LogP contribution in [0.15, 0.2) is 36.4 Å². The van der Waals surface area contributed by atoms with Crippen LogP contribution in [0.4, 0.5) is 0 Å². The van der Waals surface area contributed by atoms with E-state index in [1.807, 2.05) is 13.0 Å². The van der Waals surface area contributed by atoms with Gasteiger partial charge < -0.3 is 24.6 Å². The summed E-state index contributed by atoms with van der Waals surface area (Å²) < 4.78 is 17.1. The summed E-state index contributed by atoms with van der Waals surface area (Å²) in [6, 6.07) is 12.7. The van der Waals surface area contributed by atoms with Crippen LogP contribution in [-0.2, 0) is 21.5 Å². The van der Waals surface area contributed by atoms with Crippen LogP contribution < -0.4 is 10.1 Å². The smallest absolute Gasteiger partial charge is 0.127 e. The first-order valence-corrected chi connectivity index (χ1v) is 13.5. The number of benzene rings is 2. The van der Waals surface area contributed by atoms with Crippen molar-refractivity contribution in [2.45, 2.75) is 84.3 Å². The molecule has 0 saturated heterocycles. The minimum atomic E-state index is -0.983. The molecule has 2 aromatic rings. The summed E-state index contributed by atoms with van der Waals surface area (Å²) in [5.74, 6) is 0.736. The number of hydrogen-bond acceptors (Lipinski definition) is 5. The van der Waals surface area contributed by atoms with Crippen LogP contribution in [0.25, 0.3) is 0 Å². The van der Waals surface area contributed by atoms with Crippen LogP contribution in [0, 0.1) is 13.8 Å². The lowest BCUT2D eigenvalue weighted by Crippen LogP contribution is -2.25. The van der Waals surface area contributed by atoms with E-state index < -0.39 is 5.60 Å². The van der Waals surface area contributed by atoms with Gasteiger partial charge in [-0.3, -0.25) is 0 Å². The van der Waals surface area contributed by atoms with E-state index in [1.54, 1.807) is 28.1 Å². The van der Waals surface area contributed by atoms with Gasteiger partial charge in [0.2, 0.25) is 0 Å². The normalized spacial score (nSPS) is 12.6. The molecule has 0 heterocycles. The first-order chi connectivity index (χ1) is 17.3. The summed E-state index contributed by atoms with van der Waals surface area (Å²) in [6.45, 7) is 11.2. The van der Waals surface area contributed by atoms with E-state index in [-0.39, 0.29) is 434 Å². The Morgan fingerprint density at radius 3 is 2.28 bits per heavy atom. The lowest BCUT2D eigenvalue weighted by molar-refractivity contribution is 0.0740. The van der Waals surface area contributed by atoms with Crippen molar-refractivity contribution in [2.24, 2.45) is 0 Å². The number of hydrogen-bond donors (Lipinski definition) is 2. The van der Waals surface area contributed by atoms with Crippen LogP contribution in [0.2, 0.25) is 0 Å². The van der Waals surface area contributed by atoms with E-state index >= 15 is 0 Å². The highest BCUT2D eigenvalue weighted by molar-refractivity contribution is 5.47. The van der Waals surface area contributed by atoms with Gasteiger partial charge >= 0.3 is 0 Å². The van der Waals surface area contributed by atoms with Gasteiger partial charge in [0, 0.05) is 460 Å². The Balaban J connectivity index is -0.000000000154. The molecule has 1 unspecified atom stereocenters. The van der Waals surface area contributed by atoms with Gasteiger partial charge in [-0.2, -0.15) is 0 Å². The Labute approximate surface area is 665 Å². The monoisotopic (exact) mass is 1100 g/mol. The Hall–Kier alpha value is -1.92. The average Bonchev–Trinajstić information content (AvgIpc) is 2.84. The third-order valence-electron chi connectivity index (χ3n) is 6.78. The van der Waals surface area contributed by atoms with Crippen molar-refractivity contribution < 1.29 is 447 Å². The van der Waals surface area contributed by atoms with E-state index in [2.05, 4.69) is 42.6 Å². The number of methoxy groups -OCH3 is 2.